The van der Waals surface area contributed by atoms with Crippen molar-refractivity contribution in [1.29, 1.82) is 0 Å². The summed E-state index contributed by atoms with van der Waals surface area (Å²) >= 11 is 0. The van der Waals surface area contributed by atoms with Gasteiger partial charge >= 0.3 is 5.97 Å². The summed E-state index contributed by atoms with van der Waals surface area (Å²) in [5, 5.41) is 10.6. The predicted molar refractivity (Wildman–Crippen MR) is 132 cm³/mol. The molecule has 3 rings (SSSR count). The molecule has 0 fully saturated rings. The van der Waals surface area contributed by atoms with Crippen LogP contribution in [0.15, 0.2) is 66.7 Å². The molecule has 0 aromatic heterocycles. The second-order valence-corrected chi connectivity index (χ2v) is 8.18. The molecule has 0 saturated heterocycles. The van der Waals surface area contributed by atoms with Crippen molar-refractivity contribution in [3.63, 3.8) is 0 Å². The Hall–Kier alpha value is -3.80. The predicted octanol–water partition coefficient (Wildman–Crippen LogP) is 5.96. The number of amides is 1. The van der Waals surface area contributed by atoms with Gasteiger partial charge in [0.05, 0.1) is 24.4 Å². The van der Waals surface area contributed by atoms with E-state index in [4.69, 9.17) is 9.47 Å². The van der Waals surface area contributed by atoms with Crippen molar-refractivity contribution in [3.05, 3.63) is 89.0 Å². The maximum Gasteiger partial charge on any atom is 0.337 e. The zero-order valence-electron chi connectivity index (χ0n) is 20.1. The van der Waals surface area contributed by atoms with Gasteiger partial charge in [-0.25, -0.2) is 4.79 Å². The smallest absolute Gasteiger partial charge is 0.337 e. The molecule has 0 saturated carbocycles. The van der Waals surface area contributed by atoms with Gasteiger partial charge in [-0.3, -0.25) is 4.79 Å². The lowest BCUT2D eigenvalue weighted by molar-refractivity contribution is -0.119. The summed E-state index contributed by atoms with van der Waals surface area (Å²) in [4.78, 5) is 26.8. The van der Waals surface area contributed by atoms with Crippen LogP contribution >= 0.6 is 0 Å². The molecule has 6 nitrogen and oxygen atoms in total. The normalized spacial score (nSPS) is 11.5. The van der Waals surface area contributed by atoms with Crippen LogP contribution in [0, 0.1) is 6.92 Å². The van der Waals surface area contributed by atoms with Crippen molar-refractivity contribution in [2.75, 3.05) is 12.0 Å². The van der Waals surface area contributed by atoms with E-state index < -0.39 is 5.97 Å². The van der Waals surface area contributed by atoms with Gasteiger partial charge in [-0.1, -0.05) is 49.4 Å². The van der Waals surface area contributed by atoms with Crippen LogP contribution in [0.3, 0.4) is 0 Å². The minimum Gasteiger partial charge on any atom is -0.506 e. The summed E-state index contributed by atoms with van der Waals surface area (Å²) in [6.07, 6.45) is 0.967. The van der Waals surface area contributed by atoms with E-state index in [1.165, 1.54) is 25.3 Å². The molecule has 1 atom stereocenters. The molecule has 3 aromatic carbocycles. The Morgan fingerprint density at radius 3 is 2.41 bits per heavy atom. The monoisotopic (exact) mass is 461 g/mol. The lowest BCUT2D eigenvalue weighted by Gasteiger charge is -2.31. The molecule has 1 amide bonds. The molecule has 0 heterocycles. The summed E-state index contributed by atoms with van der Waals surface area (Å²) in [7, 11) is 1.29. The Morgan fingerprint density at radius 2 is 1.76 bits per heavy atom. The first-order valence-electron chi connectivity index (χ1n) is 11.4. The molecular formula is C28H31NO5. The SMILES string of the molecule is CCCC(=O)N(c1cc(C(=O)OC)ccc1O)C(C)c1ccc(OCc2ccccc2)c(C)c1. The van der Waals surface area contributed by atoms with E-state index in [1.807, 2.05) is 69.3 Å². The van der Waals surface area contributed by atoms with Crippen molar-refractivity contribution in [2.45, 2.75) is 46.3 Å². The number of ether oxygens (including phenoxy) is 2. The highest BCUT2D eigenvalue weighted by Gasteiger charge is 2.26. The van der Waals surface area contributed by atoms with Gasteiger partial charge in [0.25, 0.3) is 0 Å². The third-order valence-electron chi connectivity index (χ3n) is 5.69. The molecule has 6 heteroatoms. The summed E-state index contributed by atoms with van der Waals surface area (Å²) in [6, 6.07) is 19.7. The van der Waals surface area contributed by atoms with Crippen LogP contribution in [0.1, 0.15) is 59.8 Å². The van der Waals surface area contributed by atoms with E-state index in [0.717, 1.165) is 22.4 Å². The second kappa shape index (κ2) is 11.4. The number of esters is 1. The van der Waals surface area contributed by atoms with Crippen molar-refractivity contribution in [3.8, 4) is 11.5 Å². The highest BCUT2D eigenvalue weighted by molar-refractivity contribution is 5.98. The largest absolute Gasteiger partial charge is 0.506 e. The van der Waals surface area contributed by atoms with E-state index in [0.29, 0.717) is 19.4 Å². The van der Waals surface area contributed by atoms with Crippen LogP contribution in [0.2, 0.25) is 0 Å². The molecule has 0 aliphatic rings. The molecule has 1 N–H and O–H groups in total. The lowest BCUT2D eigenvalue weighted by atomic mass is 10.0. The standard InChI is InChI=1S/C28H31NO5/c1-5-9-27(31)29(24-17-23(28(32)33-4)12-14-25(24)30)20(3)22-13-15-26(19(2)16-22)34-18-21-10-7-6-8-11-21/h6-8,10-17,20,30H,5,9,18H2,1-4H3. The number of aromatic hydroxyl groups is 1. The Kier molecular flexibility index (Phi) is 8.30. The number of hydrogen-bond acceptors (Lipinski definition) is 5. The van der Waals surface area contributed by atoms with Crippen molar-refractivity contribution in [1.82, 2.24) is 0 Å². The topological polar surface area (TPSA) is 76.1 Å². The molecule has 0 spiro atoms. The molecule has 34 heavy (non-hydrogen) atoms. The zero-order valence-corrected chi connectivity index (χ0v) is 20.1. The molecule has 1 unspecified atom stereocenters. The minimum atomic E-state index is -0.535. The Balaban J connectivity index is 1.91. The van der Waals surface area contributed by atoms with Crippen LogP contribution in [0.5, 0.6) is 11.5 Å². The number of aryl methyl sites for hydroxylation is 1. The molecule has 0 aliphatic carbocycles. The number of nitrogens with zero attached hydrogens (tertiary/aromatic N) is 1. The number of phenols is 1. The quantitative estimate of drug-likeness (QED) is 0.398. The van der Waals surface area contributed by atoms with Gasteiger partial charge in [0.1, 0.15) is 18.1 Å². The fourth-order valence-corrected chi connectivity index (χ4v) is 3.83. The van der Waals surface area contributed by atoms with E-state index in [9.17, 15) is 14.7 Å². The number of anilines is 1. The van der Waals surface area contributed by atoms with Crippen LogP contribution in [-0.4, -0.2) is 24.1 Å². The zero-order chi connectivity index (χ0) is 24.7. The summed E-state index contributed by atoms with van der Waals surface area (Å²) in [5.41, 5.74) is 3.44. The number of benzene rings is 3. The third-order valence-corrected chi connectivity index (χ3v) is 5.69. The molecule has 0 bridgehead atoms. The van der Waals surface area contributed by atoms with Gasteiger partial charge in [0.15, 0.2) is 0 Å². The van der Waals surface area contributed by atoms with Gasteiger partial charge < -0.3 is 19.5 Å². The van der Waals surface area contributed by atoms with Gasteiger partial charge in [-0.2, -0.15) is 0 Å². The third kappa shape index (κ3) is 5.76. The first kappa shape index (κ1) is 24.8. The number of carbonyl (C=O) groups excluding carboxylic acids is 2. The van der Waals surface area contributed by atoms with E-state index in [2.05, 4.69) is 0 Å². The van der Waals surface area contributed by atoms with Crippen LogP contribution in [-0.2, 0) is 16.1 Å². The average molecular weight is 462 g/mol. The Bertz CT molecular complexity index is 1140. The second-order valence-electron chi connectivity index (χ2n) is 8.18. The van der Waals surface area contributed by atoms with E-state index in [-0.39, 0.29) is 28.9 Å². The maximum atomic E-state index is 13.1. The summed E-state index contributed by atoms with van der Waals surface area (Å²) in [6.45, 7) is 6.25. The highest BCUT2D eigenvalue weighted by Crippen LogP contribution is 2.36. The van der Waals surface area contributed by atoms with E-state index in [1.54, 1.807) is 4.90 Å². The molecular weight excluding hydrogens is 430 g/mol. The van der Waals surface area contributed by atoms with Gasteiger partial charge in [-0.15, -0.1) is 0 Å². The number of phenolic OH excluding ortho intramolecular Hbond substituents is 1. The number of methoxy groups -OCH3 is 1. The van der Waals surface area contributed by atoms with Crippen LogP contribution < -0.4 is 9.64 Å². The fourth-order valence-electron chi connectivity index (χ4n) is 3.83. The van der Waals surface area contributed by atoms with Crippen molar-refractivity contribution >= 4 is 17.6 Å². The fraction of sp³-hybridized carbons (Fsp3) is 0.286. The Morgan fingerprint density at radius 1 is 1.03 bits per heavy atom. The molecule has 0 aliphatic heterocycles. The maximum absolute atomic E-state index is 13.1. The minimum absolute atomic E-state index is 0.0801. The van der Waals surface area contributed by atoms with Gasteiger partial charge in [0.2, 0.25) is 5.91 Å². The molecule has 3 aromatic rings. The number of carbonyl (C=O) groups is 2. The summed E-state index contributed by atoms with van der Waals surface area (Å²) < 4.78 is 10.8. The summed E-state index contributed by atoms with van der Waals surface area (Å²) in [5.74, 6) is 0.00666. The highest BCUT2D eigenvalue weighted by atomic mass is 16.5. The van der Waals surface area contributed by atoms with E-state index >= 15 is 0 Å². The lowest BCUT2D eigenvalue weighted by Crippen LogP contribution is -2.33. The molecule has 0 radical (unpaired) electrons. The van der Waals surface area contributed by atoms with Gasteiger partial charge in [0, 0.05) is 6.42 Å². The van der Waals surface area contributed by atoms with Crippen LogP contribution in [0.4, 0.5) is 5.69 Å². The first-order chi connectivity index (χ1) is 16.3. The van der Waals surface area contributed by atoms with Gasteiger partial charge in [-0.05, 0) is 61.2 Å². The van der Waals surface area contributed by atoms with Crippen molar-refractivity contribution in [2.24, 2.45) is 0 Å². The first-order valence-corrected chi connectivity index (χ1v) is 11.4. The Labute approximate surface area is 200 Å². The van der Waals surface area contributed by atoms with Crippen molar-refractivity contribution < 1.29 is 24.2 Å². The molecule has 178 valence electrons. The average Bonchev–Trinajstić information content (AvgIpc) is 2.84. The van der Waals surface area contributed by atoms with Crippen LogP contribution in [0.25, 0.3) is 0 Å². The number of hydrogen-bond donors (Lipinski definition) is 1. The number of rotatable bonds is 9.